The predicted octanol–water partition coefficient (Wildman–Crippen LogP) is 4.29. The molecular formula is C17H27FO3. The molecule has 0 aromatic heterocycles. The third-order valence-electron chi connectivity index (χ3n) is 3.60. The summed E-state index contributed by atoms with van der Waals surface area (Å²) in [6, 6.07) is 5.98. The predicted molar refractivity (Wildman–Crippen MR) is 81.1 cm³/mol. The Balaban J connectivity index is 2.35. The van der Waals surface area contributed by atoms with Gasteiger partial charge in [0.2, 0.25) is 0 Å². The second-order valence-corrected chi connectivity index (χ2v) is 5.41. The number of halogens is 1. The van der Waals surface area contributed by atoms with Gasteiger partial charge in [0.1, 0.15) is 5.82 Å². The van der Waals surface area contributed by atoms with Crippen molar-refractivity contribution in [3.63, 3.8) is 0 Å². The van der Waals surface area contributed by atoms with Crippen LogP contribution in [0.5, 0.6) is 0 Å². The van der Waals surface area contributed by atoms with Gasteiger partial charge in [-0.05, 0) is 24.1 Å². The monoisotopic (exact) mass is 298 g/mol. The number of ether oxygens (including phenoxy) is 1. The van der Waals surface area contributed by atoms with E-state index >= 15 is 0 Å². The summed E-state index contributed by atoms with van der Waals surface area (Å²) < 4.78 is 18.0. The van der Waals surface area contributed by atoms with E-state index in [0.717, 1.165) is 18.4 Å². The molecule has 1 rings (SSSR count). The Hall–Kier alpha value is -0.970. The number of hydrogen-bond donors (Lipinski definition) is 2. The van der Waals surface area contributed by atoms with Crippen LogP contribution in [0.3, 0.4) is 0 Å². The Labute approximate surface area is 126 Å². The minimum absolute atomic E-state index is 0.307. The second-order valence-electron chi connectivity index (χ2n) is 5.41. The molecule has 0 spiro atoms. The van der Waals surface area contributed by atoms with Gasteiger partial charge in [-0.25, -0.2) is 4.39 Å². The van der Waals surface area contributed by atoms with E-state index < -0.39 is 12.6 Å². The molecule has 1 unspecified atom stereocenters. The maximum Gasteiger partial charge on any atom is 0.267 e. The summed E-state index contributed by atoms with van der Waals surface area (Å²) in [6.07, 6.45) is 8.62. The van der Waals surface area contributed by atoms with Gasteiger partial charge in [0.15, 0.2) is 0 Å². The summed E-state index contributed by atoms with van der Waals surface area (Å²) in [5.74, 6) is -0.307. The molecule has 0 saturated carbocycles. The SMILES string of the molecule is CCCCCCCCCC(OC(O)O)c1ccc(F)cc1. The van der Waals surface area contributed by atoms with Crippen molar-refractivity contribution < 1.29 is 19.3 Å². The Kier molecular flexibility index (Phi) is 9.22. The van der Waals surface area contributed by atoms with Crippen molar-refractivity contribution in [2.24, 2.45) is 0 Å². The molecule has 0 aliphatic heterocycles. The van der Waals surface area contributed by atoms with Gasteiger partial charge in [0.05, 0.1) is 6.10 Å². The number of aliphatic hydroxyl groups excluding tert-OH is 1. The van der Waals surface area contributed by atoms with E-state index in [2.05, 4.69) is 6.92 Å². The van der Waals surface area contributed by atoms with Gasteiger partial charge in [-0.2, -0.15) is 0 Å². The molecule has 2 N–H and O–H groups in total. The Morgan fingerprint density at radius 2 is 1.52 bits per heavy atom. The lowest BCUT2D eigenvalue weighted by atomic mass is 10.0. The normalized spacial score (nSPS) is 12.8. The zero-order valence-corrected chi connectivity index (χ0v) is 12.8. The summed E-state index contributed by atoms with van der Waals surface area (Å²) in [5, 5.41) is 18.0. The van der Waals surface area contributed by atoms with E-state index in [1.165, 1.54) is 44.2 Å². The maximum atomic E-state index is 12.9. The Morgan fingerprint density at radius 1 is 0.952 bits per heavy atom. The topological polar surface area (TPSA) is 49.7 Å². The van der Waals surface area contributed by atoms with Gasteiger partial charge in [0.25, 0.3) is 6.48 Å². The quantitative estimate of drug-likeness (QED) is 0.473. The number of benzene rings is 1. The highest BCUT2D eigenvalue weighted by molar-refractivity contribution is 5.18. The molecule has 0 amide bonds. The molecule has 0 saturated heterocycles. The molecule has 0 aliphatic rings. The molecule has 0 fully saturated rings. The highest BCUT2D eigenvalue weighted by Gasteiger charge is 2.15. The molecule has 0 radical (unpaired) electrons. The molecule has 0 aliphatic carbocycles. The van der Waals surface area contributed by atoms with Gasteiger partial charge < -0.3 is 14.9 Å². The largest absolute Gasteiger partial charge is 0.346 e. The van der Waals surface area contributed by atoms with Crippen LogP contribution >= 0.6 is 0 Å². The maximum absolute atomic E-state index is 12.9. The second kappa shape index (κ2) is 10.7. The number of hydrogen-bond acceptors (Lipinski definition) is 3. The van der Waals surface area contributed by atoms with Crippen molar-refractivity contribution >= 4 is 0 Å². The summed E-state index contributed by atoms with van der Waals surface area (Å²) in [7, 11) is 0. The van der Waals surface area contributed by atoms with Crippen LogP contribution in [-0.2, 0) is 4.74 Å². The van der Waals surface area contributed by atoms with E-state index in [-0.39, 0.29) is 5.82 Å². The molecule has 21 heavy (non-hydrogen) atoms. The van der Waals surface area contributed by atoms with Crippen molar-refractivity contribution in [2.45, 2.75) is 70.9 Å². The molecule has 120 valence electrons. The zero-order valence-electron chi connectivity index (χ0n) is 12.8. The Bertz CT molecular complexity index is 365. The molecule has 1 atom stereocenters. The number of aliphatic hydroxyl groups is 2. The lowest BCUT2D eigenvalue weighted by Crippen LogP contribution is -2.15. The minimum Gasteiger partial charge on any atom is -0.346 e. The van der Waals surface area contributed by atoms with Gasteiger partial charge >= 0.3 is 0 Å². The van der Waals surface area contributed by atoms with Crippen molar-refractivity contribution in [3.05, 3.63) is 35.6 Å². The first-order valence-corrected chi connectivity index (χ1v) is 7.90. The fourth-order valence-corrected chi connectivity index (χ4v) is 2.42. The summed E-state index contributed by atoms with van der Waals surface area (Å²) >= 11 is 0. The van der Waals surface area contributed by atoms with Crippen LogP contribution in [0.2, 0.25) is 0 Å². The molecule has 0 heterocycles. The zero-order chi connectivity index (χ0) is 15.5. The number of unbranched alkanes of at least 4 members (excludes halogenated alkanes) is 6. The van der Waals surface area contributed by atoms with E-state index in [0.29, 0.717) is 6.42 Å². The standard InChI is InChI=1S/C17H27FO3/c1-2-3-4-5-6-7-8-9-16(21-17(19)20)14-10-12-15(18)13-11-14/h10-13,16-17,19-20H,2-9H2,1H3. The fraction of sp³-hybridized carbons (Fsp3) is 0.647. The van der Waals surface area contributed by atoms with Crippen molar-refractivity contribution in [1.82, 2.24) is 0 Å². The van der Waals surface area contributed by atoms with Crippen LogP contribution in [0.15, 0.2) is 24.3 Å². The van der Waals surface area contributed by atoms with Crippen LogP contribution < -0.4 is 0 Å². The van der Waals surface area contributed by atoms with Gasteiger partial charge in [-0.3, -0.25) is 0 Å². The van der Waals surface area contributed by atoms with Crippen molar-refractivity contribution in [2.75, 3.05) is 0 Å². The molecular weight excluding hydrogens is 271 g/mol. The molecule has 3 nitrogen and oxygen atoms in total. The Morgan fingerprint density at radius 3 is 2.10 bits per heavy atom. The summed E-state index contributed by atoms with van der Waals surface area (Å²) in [4.78, 5) is 0. The summed E-state index contributed by atoms with van der Waals surface area (Å²) in [6.45, 7) is 0.398. The number of rotatable bonds is 11. The van der Waals surface area contributed by atoms with Crippen LogP contribution in [0.4, 0.5) is 4.39 Å². The van der Waals surface area contributed by atoms with Crippen LogP contribution in [0, 0.1) is 5.82 Å². The van der Waals surface area contributed by atoms with Gasteiger partial charge in [-0.15, -0.1) is 0 Å². The van der Waals surface area contributed by atoms with Crippen LogP contribution in [0.1, 0.15) is 70.0 Å². The van der Waals surface area contributed by atoms with E-state index in [1.54, 1.807) is 12.1 Å². The average Bonchev–Trinajstić information content (AvgIpc) is 2.45. The van der Waals surface area contributed by atoms with Gasteiger partial charge in [-0.1, -0.05) is 64.0 Å². The van der Waals surface area contributed by atoms with Gasteiger partial charge in [0, 0.05) is 0 Å². The molecule has 4 heteroatoms. The molecule has 0 bridgehead atoms. The third kappa shape index (κ3) is 8.15. The van der Waals surface area contributed by atoms with Crippen LogP contribution in [0.25, 0.3) is 0 Å². The highest BCUT2D eigenvalue weighted by Crippen LogP contribution is 2.25. The van der Waals surface area contributed by atoms with E-state index in [4.69, 9.17) is 14.9 Å². The molecule has 1 aromatic rings. The lowest BCUT2D eigenvalue weighted by Gasteiger charge is -2.19. The highest BCUT2D eigenvalue weighted by atomic mass is 19.1. The first-order valence-electron chi connectivity index (χ1n) is 7.90. The smallest absolute Gasteiger partial charge is 0.267 e. The van der Waals surface area contributed by atoms with Crippen LogP contribution in [-0.4, -0.2) is 16.7 Å². The first kappa shape index (κ1) is 18.1. The summed E-state index contributed by atoms with van der Waals surface area (Å²) in [5.41, 5.74) is 0.774. The third-order valence-corrected chi connectivity index (χ3v) is 3.60. The van der Waals surface area contributed by atoms with E-state index in [1.807, 2.05) is 0 Å². The minimum atomic E-state index is -1.80. The fourth-order valence-electron chi connectivity index (χ4n) is 2.42. The van der Waals surface area contributed by atoms with E-state index in [9.17, 15) is 4.39 Å². The first-order chi connectivity index (χ1) is 10.1. The average molecular weight is 298 g/mol. The van der Waals surface area contributed by atoms with Crippen molar-refractivity contribution in [1.29, 1.82) is 0 Å². The lowest BCUT2D eigenvalue weighted by molar-refractivity contribution is -0.259. The van der Waals surface area contributed by atoms with Crippen molar-refractivity contribution in [3.8, 4) is 0 Å². The molecule has 1 aromatic carbocycles.